The van der Waals surface area contributed by atoms with Crippen molar-refractivity contribution in [3.63, 3.8) is 0 Å². The van der Waals surface area contributed by atoms with Crippen LogP contribution in [0.15, 0.2) is 24.3 Å². The highest BCUT2D eigenvalue weighted by atomic mass is 35.5. The molecule has 0 heterocycles. The lowest BCUT2D eigenvalue weighted by Crippen LogP contribution is -2.28. The Morgan fingerprint density at radius 2 is 1.75 bits per heavy atom. The molecule has 0 N–H and O–H groups in total. The molecule has 2 atom stereocenters. The van der Waals surface area contributed by atoms with Crippen LogP contribution in [0.4, 0.5) is 0 Å². The lowest BCUT2D eigenvalue weighted by Gasteiger charge is -2.16. The Morgan fingerprint density at radius 1 is 1.25 bits per heavy atom. The van der Waals surface area contributed by atoms with Crippen molar-refractivity contribution in [2.45, 2.75) is 30.9 Å². The fourth-order valence-electron chi connectivity index (χ4n) is 1.38. The highest BCUT2D eigenvalue weighted by molar-refractivity contribution is 7.91. The van der Waals surface area contributed by atoms with Gasteiger partial charge in [0.25, 0.3) is 0 Å². The van der Waals surface area contributed by atoms with Crippen LogP contribution < -0.4 is 0 Å². The minimum Gasteiger partial charge on any atom is -0.229 e. The number of alkyl halides is 1. The molecular formula is C12H17ClO2S. The van der Waals surface area contributed by atoms with Crippen molar-refractivity contribution in [1.29, 1.82) is 0 Å². The zero-order valence-electron chi connectivity index (χ0n) is 9.77. The van der Waals surface area contributed by atoms with Crippen molar-refractivity contribution in [3.8, 4) is 0 Å². The summed E-state index contributed by atoms with van der Waals surface area (Å²) < 4.78 is 22.7. The summed E-state index contributed by atoms with van der Waals surface area (Å²) in [5.41, 5.74) is 2.26. The molecule has 0 saturated carbocycles. The Balaban J connectivity index is 2.71. The molecule has 90 valence electrons. The van der Waals surface area contributed by atoms with Crippen LogP contribution in [-0.4, -0.2) is 25.3 Å². The van der Waals surface area contributed by atoms with Gasteiger partial charge in [-0.25, -0.2) is 8.42 Å². The third-order valence-electron chi connectivity index (χ3n) is 2.74. The molecule has 0 saturated heterocycles. The molecule has 1 aromatic rings. The van der Waals surface area contributed by atoms with Gasteiger partial charge < -0.3 is 0 Å². The quantitative estimate of drug-likeness (QED) is 0.780. The first-order valence-electron chi connectivity index (χ1n) is 5.19. The van der Waals surface area contributed by atoms with Gasteiger partial charge in [0.1, 0.15) is 0 Å². The highest BCUT2D eigenvalue weighted by Crippen LogP contribution is 2.17. The van der Waals surface area contributed by atoms with Crippen molar-refractivity contribution in [2.75, 3.05) is 6.26 Å². The zero-order chi connectivity index (χ0) is 12.3. The summed E-state index contributed by atoms with van der Waals surface area (Å²) in [5, 5.41) is -0.895. The summed E-state index contributed by atoms with van der Waals surface area (Å²) in [6.07, 6.45) is 1.80. The van der Waals surface area contributed by atoms with Gasteiger partial charge in [0.05, 0.1) is 10.6 Å². The van der Waals surface area contributed by atoms with E-state index in [2.05, 4.69) is 0 Å². The fraction of sp³-hybridized carbons (Fsp3) is 0.500. The summed E-state index contributed by atoms with van der Waals surface area (Å²) in [6, 6.07) is 7.98. The van der Waals surface area contributed by atoms with E-state index in [0.29, 0.717) is 6.42 Å². The van der Waals surface area contributed by atoms with Gasteiger partial charge in [0, 0.05) is 6.26 Å². The molecule has 1 rings (SSSR count). The average molecular weight is 261 g/mol. The lowest BCUT2D eigenvalue weighted by molar-refractivity contribution is 0.584. The van der Waals surface area contributed by atoms with E-state index >= 15 is 0 Å². The number of halogens is 1. The number of benzene rings is 1. The Labute approximate surface area is 103 Å². The maximum atomic E-state index is 11.3. The third-order valence-corrected chi connectivity index (χ3v) is 5.10. The van der Waals surface area contributed by atoms with Crippen LogP contribution >= 0.6 is 11.6 Å². The van der Waals surface area contributed by atoms with E-state index in [-0.39, 0.29) is 5.38 Å². The molecule has 0 aliphatic carbocycles. The van der Waals surface area contributed by atoms with Crippen LogP contribution in [-0.2, 0) is 16.3 Å². The summed E-state index contributed by atoms with van der Waals surface area (Å²) in [5.74, 6) is 0. The molecule has 1 aromatic carbocycles. The molecule has 0 bridgehead atoms. The van der Waals surface area contributed by atoms with Crippen molar-refractivity contribution in [2.24, 2.45) is 0 Å². The molecule has 0 fully saturated rings. The Bertz CT molecular complexity index is 437. The first-order chi connectivity index (χ1) is 7.30. The molecule has 2 nitrogen and oxygen atoms in total. The van der Waals surface area contributed by atoms with Gasteiger partial charge in [-0.15, -0.1) is 11.6 Å². The first kappa shape index (κ1) is 13.5. The zero-order valence-corrected chi connectivity index (χ0v) is 11.3. The molecule has 16 heavy (non-hydrogen) atoms. The van der Waals surface area contributed by atoms with E-state index in [1.165, 1.54) is 11.8 Å². The van der Waals surface area contributed by atoms with Crippen molar-refractivity contribution in [1.82, 2.24) is 0 Å². The van der Waals surface area contributed by atoms with Gasteiger partial charge in [-0.1, -0.05) is 29.8 Å². The summed E-state index contributed by atoms with van der Waals surface area (Å²) >= 11 is 6.11. The molecule has 0 spiro atoms. The third kappa shape index (κ3) is 3.80. The minimum absolute atomic E-state index is 0.377. The van der Waals surface area contributed by atoms with E-state index in [9.17, 15) is 8.42 Å². The van der Waals surface area contributed by atoms with E-state index in [1.54, 1.807) is 6.92 Å². The molecule has 0 aliphatic rings. The summed E-state index contributed by atoms with van der Waals surface area (Å²) in [7, 11) is -3.06. The average Bonchev–Trinajstić information content (AvgIpc) is 2.19. The standard InChI is InChI=1S/C12H17ClO2S/c1-9-4-6-11(7-5-9)8-12(13)10(2)16(3,14)15/h4-7,10,12H,8H2,1-3H3. The van der Waals surface area contributed by atoms with Crippen molar-refractivity contribution < 1.29 is 8.42 Å². The van der Waals surface area contributed by atoms with Gasteiger partial charge in [0.2, 0.25) is 0 Å². The van der Waals surface area contributed by atoms with Crippen LogP contribution in [0, 0.1) is 6.92 Å². The Morgan fingerprint density at radius 3 is 2.19 bits per heavy atom. The number of rotatable bonds is 4. The van der Waals surface area contributed by atoms with Crippen LogP contribution in [0.5, 0.6) is 0 Å². The molecule has 0 aromatic heterocycles. The topological polar surface area (TPSA) is 34.1 Å². The lowest BCUT2D eigenvalue weighted by atomic mass is 10.1. The predicted octanol–water partition coefficient (Wildman–Crippen LogP) is 2.58. The number of hydrogen-bond acceptors (Lipinski definition) is 2. The normalized spacial score (nSPS) is 15.8. The smallest absolute Gasteiger partial charge is 0.151 e. The van der Waals surface area contributed by atoms with Crippen molar-refractivity contribution in [3.05, 3.63) is 35.4 Å². The monoisotopic (exact) mass is 260 g/mol. The second kappa shape index (κ2) is 5.19. The Hall–Kier alpha value is -0.540. The predicted molar refractivity (Wildman–Crippen MR) is 68.8 cm³/mol. The number of hydrogen-bond donors (Lipinski definition) is 0. The van der Waals surface area contributed by atoms with E-state index in [1.807, 2.05) is 31.2 Å². The molecular weight excluding hydrogens is 244 g/mol. The van der Waals surface area contributed by atoms with E-state index in [4.69, 9.17) is 11.6 Å². The van der Waals surface area contributed by atoms with Crippen LogP contribution in [0.2, 0.25) is 0 Å². The first-order valence-corrected chi connectivity index (χ1v) is 7.58. The van der Waals surface area contributed by atoms with Gasteiger partial charge >= 0.3 is 0 Å². The minimum atomic E-state index is -3.06. The van der Waals surface area contributed by atoms with Crippen LogP contribution in [0.1, 0.15) is 18.1 Å². The van der Waals surface area contributed by atoms with Gasteiger partial charge in [-0.05, 0) is 25.8 Å². The van der Waals surface area contributed by atoms with Crippen molar-refractivity contribution >= 4 is 21.4 Å². The van der Waals surface area contributed by atoms with Crippen LogP contribution in [0.25, 0.3) is 0 Å². The molecule has 0 amide bonds. The summed E-state index contributed by atoms with van der Waals surface area (Å²) in [4.78, 5) is 0. The molecule has 2 unspecified atom stereocenters. The Kier molecular flexibility index (Phi) is 4.39. The van der Waals surface area contributed by atoms with Gasteiger partial charge in [-0.3, -0.25) is 0 Å². The SMILES string of the molecule is Cc1ccc(CC(Cl)C(C)S(C)(=O)=O)cc1. The highest BCUT2D eigenvalue weighted by Gasteiger charge is 2.24. The van der Waals surface area contributed by atoms with Gasteiger partial charge in [-0.2, -0.15) is 0 Å². The molecule has 0 radical (unpaired) electrons. The summed E-state index contributed by atoms with van der Waals surface area (Å²) in [6.45, 7) is 3.67. The maximum absolute atomic E-state index is 11.3. The van der Waals surface area contributed by atoms with E-state index in [0.717, 1.165) is 5.56 Å². The second-order valence-electron chi connectivity index (χ2n) is 4.24. The second-order valence-corrected chi connectivity index (χ2v) is 7.20. The molecule has 0 aliphatic heterocycles. The fourth-order valence-corrected chi connectivity index (χ4v) is 2.75. The van der Waals surface area contributed by atoms with E-state index < -0.39 is 15.1 Å². The van der Waals surface area contributed by atoms with Crippen LogP contribution in [0.3, 0.4) is 0 Å². The maximum Gasteiger partial charge on any atom is 0.151 e. The number of sulfone groups is 1. The number of aryl methyl sites for hydroxylation is 1. The van der Waals surface area contributed by atoms with Gasteiger partial charge in [0.15, 0.2) is 9.84 Å². The largest absolute Gasteiger partial charge is 0.229 e. The molecule has 4 heteroatoms.